The van der Waals surface area contributed by atoms with E-state index in [1.54, 1.807) is 30.3 Å². The van der Waals surface area contributed by atoms with Crippen molar-refractivity contribution in [2.24, 2.45) is 5.41 Å². The van der Waals surface area contributed by atoms with Crippen molar-refractivity contribution in [2.45, 2.75) is 25.9 Å². The summed E-state index contributed by atoms with van der Waals surface area (Å²) >= 11 is 12.2. The Morgan fingerprint density at radius 1 is 1.22 bits per heavy atom. The maximum atomic E-state index is 12.3. The van der Waals surface area contributed by atoms with E-state index in [1.165, 1.54) is 6.20 Å². The van der Waals surface area contributed by atoms with Gasteiger partial charge in [0.25, 0.3) is 0 Å². The van der Waals surface area contributed by atoms with Gasteiger partial charge in [-0.1, -0.05) is 37.0 Å². The van der Waals surface area contributed by atoms with Crippen LogP contribution in [0, 0.1) is 10.6 Å². The Morgan fingerprint density at radius 3 is 2.61 bits per heavy atom. The standard InChI is InChI=1S/C17H17Cl2NO3/c1-16(2)9-17(21,15-5-3-4-6-20(15)22)11-7-12(18)13(19)8-14(11)23-10-16/h3-8,21H,9-10H2,1-2H3. The lowest BCUT2D eigenvalue weighted by atomic mass is 9.76. The number of halogens is 2. The molecule has 0 saturated heterocycles. The van der Waals surface area contributed by atoms with Crippen molar-refractivity contribution in [3.63, 3.8) is 0 Å². The molecular formula is C17H17Cl2NO3. The van der Waals surface area contributed by atoms with Crippen molar-refractivity contribution in [3.05, 3.63) is 63.0 Å². The second kappa shape index (κ2) is 5.55. The molecule has 1 aliphatic heterocycles. The Labute approximate surface area is 144 Å². The third kappa shape index (κ3) is 2.87. The zero-order valence-corrected chi connectivity index (χ0v) is 14.4. The summed E-state index contributed by atoms with van der Waals surface area (Å²) in [6.45, 7) is 4.35. The molecule has 0 amide bonds. The number of aromatic nitrogens is 1. The monoisotopic (exact) mass is 353 g/mol. The van der Waals surface area contributed by atoms with Gasteiger partial charge >= 0.3 is 0 Å². The molecule has 1 aromatic heterocycles. The van der Waals surface area contributed by atoms with Crippen LogP contribution >= 0.6 is 23.2 Å². The first kappa shape index (κ1) is 16.4. The molecule has 1 unspecified atom stereocenters. The first-order valence-corrected chi connectivity index (χ1v) is 8.02. The van der Waals surface area contributed by atoms with Gasteiger partial charge in [0.05, 0.1) is 16.7 Å². The Bertz CT molecular complexity index is 763. The van der Waals surface area contributed by atoms with E-state index in [9.17, 15) is 10.3 Å². The summed E-state index contributed by atoms with van der Waals surface area (Å²) < 4.78 is 6.52. The van der Waals surface area contributed by atoms with Gasteiger partial charge < -0.3 is 15.1 Å². The van der Waals surface area contributed by atoms with Crippen LogP contribution in [-0.4, -0.2) is 11.7 Å². The largest absolute Gasteiger partial charge is 0.618 e. The number of nitrogens with zero attached hydrogens (tertiary/aromatic N) is 1. The van der Waals surface area contributed by atoms with Crippen molar-refractivity contribution in [2.75, 3.05) is 6.61 Å². The molecule has 0 fully saturated rings. The molecule has 23 heavy (non-hydrogen) atoms. The maximum absolute atomic E-state index is 12.3. The second-order valence-electron chi connectivity index (χ2n) is 6.66. The summed E-state index contributed by atoms with van der Waals surface area (Å²) in [4.78, 5) is 0. The fourth-order valence-electron chi connectivity index (χ4n) is 3.06. The number of fused-ring (bicyclic) bond motifs is 1. The summed E-state index contributed by atoms with van der Waals surface area (Å²) in [5.74, 6) is 0.441. The molecule has 1 aliphatic rings. The number of hydrogen-bond acceptors (Lipinski definition) is 3. The quantitative estimate of drug-likeness (QED) is 0.628. The number of hydrogen-bond donors (Lipinski definition) is 1. The number of pyridine rings is 1. The molecule has 1 aromatic carbocycles. The van der Waals surface area contributed by atoms with Gasteiger partial charge in [-0.2, -0.15) is 4.73 Å². The van der Waals surface area contributed by atoms with Crippen LogP contribution in [0.2, 0.25) is 10.0 Å². The van der Waals surface area contributed by atoms with Crippen molar-refractivity contribution in [1.82, 2.24) is 0 Å². The first-order valence-electron chi connectivity index (χ1n) is 7.26. The highest BCUT2D eigenvalue weighted by Gasteiger charge is 2.47. The summed E-state index contributed by atoms with van der Waals surface area (Å²) in [5.41, 5.74) is -1.19. The van der Waals surface area contributed by atoms with Gasteiger partial charge in [0.2, 0.25) is 5.69 Å². The fraction of sp³-hybridized carbons (Fsp3) is 0.353. The average molecular weight is 354 g/mol. The number of benzene rings is 1. The first-order chi connectivity index (χ1) is 10.7. The third-order valence-corrected chi connectivity index (χ3v) is 4.79. The van der Waals surface area contributed by atoms with Gasteiger partial charge in [-0.25, -0.2) is 0 Å². The highest BCUT2D eigenvalue weighted by Crippen LogP contribution is 2.47. The van der Waals surface area contributed by atoms with Crippen LogP contribution in [0.3, 0.4) is 0 Å². The third-order valence-electron chi connectivity index (χ3n) is 4.07. The van der Waals surface area contributed by atoms with Crippen LogP contribution in [0.1, 0.15) is 31.5 Å². The molecule has 0 saturated carbocycles. The maximum Gasteiger partial charge on any atom is 0.229 e. The molecule has 0 spiro atoms. The molecule has 0 radical (unpaired) electrons. The van der Waals surface area contributed by atoms with Crippen molar-refractivity contribution in [3.8, 4) is 5.75 Å². The molecular weight excluding hydrogens is 337 g/mol. The van der Waals surface area contributed by atoms with Gasteiger partial charge in [0, 0.05) is 29.2 Å². The van der Waals surface area contributed by atoms with E-state index in [4.69, 9.17) is 27.9 Å². The highest BCUT2D eigenvalue weighted by molar-refractivity contribution is 6.42. The van der Waals surface area contributed by atoms with Gasteiger partial charge in [0.1, 0.15) is 5.75 Å². The topological polar surface area (TPSA) is 56.4 Å². The van der Waals surface area contributed by atoms with E-state index < -0.39 is 5.60 Å². The molecule has 3 rings (SSSR count). The van der Waals surface area contributed by atoms with Crippen LogP contribution in [0.5, 0.6) is 5.75 Å². The van der Waals surface area contributed by atoms with Crippen LogP contribution in [0.15, 0.2) is 36.5 Å². The van der Waals surface area contributed by atoms with E-state index in [0.717, 1.165) is 0 Å². The van der Waals surface area contributed by atoms with Crippen molar-refractivity contribution < 1.29 is 14.6 Å². The lowest BCUT2D eigenvalue weighted by Gasteiger charge is -2.31. The number of aliphatic hydroxyl groups is 1. The fourth-order valence-corrected chi connectivity index (χ4v) is 3.38. The van der Waals surface area contributed by atoms with Crippen LogP contribution in [0.4, 0.5) is 0 Å². The Balaban J connectivity index is 2.29. The molecule has 2 heterocycles. The molecule has 1 atom stereocenters. The van der Waals surface area contributed by atoms with Crippen LogP contribution in [0.25, 0.3) is 0 Å². The Kier molecular flexibility index (Phi) is 3.95. The summed E-state index contributed by atoms with van der Waals surface area (Å²) in [5, 5.41) is 24.4. The Hall–Kier alpha value is -1.49. The van der Waals surface area contributed by atoms with E-state index in [0.29, 0.717) is 39.1 Å². The summed E-state index contributed by atoms with van der Waals surface area (Å²) in [6, 6.07) is 8.11. The second-order valence-corrected chi connectivity index (χ2v) is 7.48. The Morgan fingerprint density at radius 2 is 1.91 bits per heavy atom. The molecule has 6 heteroatoms. The lowest BCUT2D eigenvalue weighted by Crippen LogP contribution is -2.44. The van der Waals surface area contributed by atoms with E-state index in [-0.39, 0.29) is 11.1 Å². The van der Waals surface area contributed by atoms with E-state index >= 15 is 0 Å². The summed E-state index contributed by atoms with van der Waals surface area (Å²) in [7, 11) is 0. The molecule has 4 nitrogen and oxygen atoms in total. The van der Waals surface area contributed by atoms with Gasteiger partial charge in [0.15, 0.2) is 11.8 Å². The number of ether oxygens (including phenoxy) is 1. The minimum absolute atomic E-state index is 0.234. The van der Waals surface area contributed by atoms with Crippen LogP contribution < -0.4 is 9.47 Å². The minimum Gasteiger partial charge on any atom is -0.618 e. The molecule has 122 valence electrons. The number of rotatable bonds is 1. The SMILES string of the molecule is CC1(C)COc2cc(Cl)c(Cl)cc2C(O)(c2cccc[n+]2[O-])C1. The zero-order valence-electron chi connectivity index (χ0n) is 12.8. The van der Waals surface area contributed by atoms with Gasteiger partial charge in [-0.15, -0.1) is 0 Å². The molecule has 0 aliphatic carbocycles. The van der Waals surface area contributed by atoms with Crippen LogP contribution in [-0.2, 0) is 5.60 Å². The van der Waals surface area contributed by atoms with E-state index in [1.807, 2.05) is 13.8 Å². The molecule has 1 N–H and O–H groups in total. The smallest absolute Gasteiger partial charge is 0.229 e. The molecule has 2 aromatic rings. The van der Waals surface area contributed by atoms with Gasteiger partial charge in [-0.3, -0.25) is 0 Å². The molecule has 0 bridgehead atoms. The van der Waals surface area contributed by atoms with E-state index in [2.05, 4.69) is 0 Å². The van der Waals surface area contributed by atoms with Crippen molar-refractivity contribution >= 4 is 23.2 Å². The zero-order chi connectivity index (χ0) is 16.8. The predicted molar refractivity (Wildman–Crippen MR) is 88.8 cm³/mol. The average Bonchev–Trinajstić information content (AvgIpc) is 2.56. The minimum atomic E-state index is -1.52. The highest BCUT2D eigenvalue weighted by atomic mass is 35.5. The predicted octanol–water partition coefficient (Wildman–Crippen LogP) is 3.67. The summed E-state index contributed by atoms with van der Waals surface area (Å²) in [6.07, 6.45) is 1.68. The lowest BCUT2D eigenvalue weighted by molar-refractivity contribution is -0.622. The van der Waals surface area contributed by atoms with Crippen molar-refractivity contribution in [1.29, 1.82) is 0 Å². The van der Waals surface area contributed by atoms with Gasteiger partial charge in [-0.05, 0) is 18.6 Å². The normalized spacial score (nSPS) is 22.8.